The summed E-state index contributed by atoms with van der Waals surface area (Å²) in [7, 11) is 0. The number of hydrogen-bond donors (Lipinski definition) is 2. The summed E-state index contributed by atoms with van der Waals surface area (Å²) in [4.78, 5) is 24.0. The van der Waals surface area contributed by atoms with Crippen LogP contribution in [0, 0.1) is 0 Å². The number of hydrogen-bond acceptors (Lipinski definition) is 6. The van der Waals surface area contributed by atoms with Gasteiger partial charge in [-0.25, -0.2) is 4.79 Å². The minimum absolute atomic E-state index is 0.0156. The number of alkyl halides is 3. The lowest BCUT2D eigenvalue weighted by Gasteiger charge is -2.32. The molecular weight excluding hydrogens is 561 g/mol. The third kappa shape index (κ3) is 7.50. The van der Waals surface area contributed by atoms with Gasteiger partial charge in [0.05, 0.1) is 10.6 Å². The van der Waals surface area contributed by atoms with Crippen molar-refractivity contribution in [2.45, 2.75) is 31.5 Å². The number of aliphatic carboxylic acids is 1. The number of carbonyl (C=O) groups excluding carboxylic acids is 1. The normalized spacial score (nSPS) is 13.8. The van der Waals surface area contributed by atoms with E-state index in [-0.39, 0.29) is 5.91 Å². The third-order valence-corrected chi connectivity index (χ3v) is 6.90. The largest absolute Gasteiger partial charge is 0.490 e. The number of aromatic nitrogens is 2. The molecule has 41 heavy (non-hydrogen) atoms. The van der Waals surface area contributed by atoms with Crippen molar-refractivity contribution in [2.24, 2.45) is 5.73 Å². The van der Waals surface area contributed by atoms with E-state index in [0.29, 0.717) is 46.0 Å². The Kier molecular flexibility index (Phi) is 9.41. The summed E-state index contributed by atoms with van der Waals surface area (Å²) in [6.07, 6.45) is -3.21. The Morgan fingerprint density at radius 3 is 2.29 bits per heavy atom. The van der Waals surface area contributed by atoms with Gasteiger partial charge in [-0.15, -0.1) is 10.2 Å². The molecule has 1 aromatic heterocycles. The van der Waals surface area contributed by atoms with E-state index in [2.05, 4.69) is 34.5 Å². The lowest BCUT2D eigenvalue weighted by Crippen LogP contribution is -2.37. The van der Waals surface area contributed by atoms with Crippen LogP contribution in [0.5, 0.6) is 0 Å². The van der Waals surface area contributed by atoms with Crippen LogP contribution in [0.3, 0.4) is 0 Å². The molecule has 4 aromatic rings. The summed E-state index contributed by atoms with van der Waals surface area (Å²) in [5.41, 5.74) is 10.2. The molecule has 12 heteroatoms. The summed E-state index contributed by atoms with van der Waals surface area (Å²) < 4.78 is 37.6. The first-order chi connectivity index (χ1) is 19.6. The molecule has 1 aliphatic heterocycles. The Hall–Kier alpha value is -4.22. The van der Waals surface area contributed by atoms with Crippen molar-refractivity contribution >= 4 is 23.5 Å². The zero-order chi connectivity index (χ0) is 29.6. The number of amides is 1. The van der Waals surface area contributed by atoms with Crippen molar-refractivity contribution in [3.63, 3.8) is 0 Å². The van der Waals surface area contributed by atoms with Gasteiger partial charge in [-0.2, -0.15) is 13.2 Å². The number of nitrogens with two attached hydrogens (primary N) is 1. The predicted molar refractivity (Wildman–Crippen MR) is 146 cm³/mol. The van der Waals surface area contributed by atoms with Crippen LogP contribution in [0.15, 0.2) is 77.2 Å². The lowest BCUT2D eigenvalue weighted by molar-refractivity contribution is -0.192. The fraction of sp³-hybridized carbons (Fsp3) is 0.241. The number of carboxylic acid groups (broad SMARTS) is 1. The molecule has 1 saturated heterocycles. The molecule has 1 fully saturated rings. The average molecular weight is 587 g/mol. The maximum Gasteiger partial charge on any atom is 0.490 e. The highest BCUT2D eigenvalue weighted by Gasteiger charge is 2.38. The van der Waals surface area contributed by atoms with Crippen molar-refractivity contribution in [1.82, 2.24) is 15.1 Å². The van der Waals surface area contributed by atoms with Gasteiger partial charge >= 0.3 is 12.1 Å². The zero-order valence-corrected chi connectivity index (χ0v) is 22.4. The van der Waals surface area contributed by atoms with Gasteiger partial charge in [-0.3, -0.25) is 4.79 Å². The molecule has 1 amide bonds. The molecule has 3 N–H and O–H groups in total. The molecule has 0 radical (unpaired) electrons. The summed E-state index contributed by atoms with van der Waals surface area (Å²) >= 11 is 6.25. The Labute approximate surface area is 238 Å². The third-order valence-electron chi connectivity index (χ3n) is 6.57. The highest BCUT2D eigenvalue weighted by atomic mass is 35.5. The van der Waals surface area contributed by atoms with Crippen LogP contribution < -0.4 is 5.73 Å². The van der Waals surface area contributed by atoms with Gasteiger partial charge in [0.25, 0.3) is 5.91 Å². The summed E-state index contributed by atoms with van der Waals surface area (Å²) in [6, 6.07) is 23.1. The van der Waals surface area contributed by atoms with E-state index in [9.17, 15) is 18.0 Å². The van der Waals surface area contributed by atoms with Crippen molar-refractivity contribution in [3.8, 4) is 22.9 Å². The second-order valence-corrected chi connectivity index (χ2v) is 9.70. The quantitative estimate of drug-likeness (QED) is 0.287. The van der Waals surface area contributed by atoms with Crippen molar-refractivity contribution in [1.29, 1.82) is 0 Å². The van der Waals surface area contributed by atoms with Crippen LogP contribution >= 0.6 is 11.6 Å². The smallest absolute Gasteiger partial charge is 0.475 e. The lowest BCUT2D eigenvalue weighted by atomic mass is 9.88. The number of carboxylic acids is 1. The number of rotatable bonds is 5. The van der Waals surface area contributed by atoms with E-state index >= 15 is 0 Å². The topological polar surface area (TPSA) is 123 Å². The Morgan fingerprint density at radius 1 is 0.976 bits per heavy atom. The van der Waals surface area contributed by atoms with E-state index in [1.54, 1.807) is 6.07 Å². The van der Waals surface area contributed by atoms with Crippen molar-refractivity contribution < 1.29 is 32.3 Å². The van der Waals surface area contributed by atoms with E-state index in [0.717, 1.165) is 31.5 Å². The first-order valence-electron chi connectivity index (χ1n) is 12.6. The Balaban J connectivity index is 0.000000493. The molecule has 0 bridgehead atoms. The molecule has 0 atom stereocenters. The number of piperidine rings is 1. The highest BCUT2D eigenvalue weighted by molar-refractivity contribution is 6.33. The van der Waals surface area contributed by atoms with Crippen LogP contribution in [-0.4, -0.2) is 51.3 Å². The fourth-order valence-corrected chi connectivity index (χ4v) is 4.66. The molecule has 214 valence electrons. The molecule has 3 aromatic carbocycles. The summed E-state index contributed by atoms with van der Waals surface area (Å²) in [6.45, 7) is 1.98. The number of likely N-dealkylation sites (tertiary alicyclic amines) is 1. The van der Waals surface area contributed by atoms with E-state index in [1.165, 1.54) is 5.56 Å². The van der Waals surface area contributed by atoms with E-state index < -0.39 is 12.1 Å². The van der Waals surface area contributed by atoms with Crippen LogP contribution in [-0.2, 0) is 11.3 Å². The molecule has 1 aliphatic rings. The Morgan fingerprint density at radius 2 is 1.63 bits per heavy atom. The van der Waals surface area contributed by atoms with Crippen molar-refractivity contribution in [3.05, 3.63) is 94.5 Å². The molecule has 2 heterocycles. The minimum atomic E-state index is -5.08. The molecule has 0 saturated carbocycles. The van der Waals surface area contributed by atoms with Gasteiger partial charge in [0.2, 0.25) is 11.8 Å². The van der Waals surface area contributed by atoms with E-state index in [1.807, 2.05) is 47.4 Å². The van der Waals surface area contributed by atoms with Gasteiger partial charge in [-0.1, -0.05) is 54.1 Å². The fourth-order valence-electron chi connectivity index (χ4n) is 4.44. The van der Waals surface area contributed by atoms with Crippen LogP contribution in [0.1, 0.15) is 40.2 Å². The molecule has 0 spiro atoms. The van der Waals surface area contributed by atoms with Gasteiger partial charge in [0, 0.05) is 30.8 Å². The second-order valence-electron chi connectivity index (χ2n) is 9.29. The molecule has 8 nitrogen and oxygen atoms in total. The maximum absolute atomic E-state index is 13.2. The van der Waals surface area contributed by atoms with Gasteiger partial charge in [0.1, 0.15) is 0 Å². The number of halogens is 4. The molecule has 0 aliphatic carbocycles. The SMILES string of the molecule is NCc1cccc(C2CCN(C(=O)c3cccc(-c4nnc(-c5ccccc5Cl)o4)c3)CC2)c1.O=C(O)C(F)(F)F. The molecular formula is C29H26ClF3N4O4. The highest BCUT2D eigenvalue weighted by Crippen LogP contribution is 2.31. The Bertz CT molecular complexity index is 1520. The van der Waals surface area contributed by atoms with Crippen molar-refractivity contribution in [2.75, 3.05) is 13.1 Å². The monoisotopic (exact) mass is 586 g/mol. The maximum atomic E-state index is 13.2. The average Bonchev–Trinajstić information content (AvgIpc) is 3.47. The van der Waals surface area contributed by atoms with Crippen LogP contribution in [0.25, 0.3) is 22.9 Å². The number of carbonyl (C=O) groups is 2. The van der Waals surface area contributed by atoms with Gasteiger partial charge in [0.15, 0.2) is 0 Å². The van der Waals surface area contributed by atoms with Crippen LogP contribution in [0.4, 0.5) is 13.2 Å². The predicted octanol–water partition coefficient (Wildman–Crippen LogP) is 6.17. The molecule has 0 unspecified atom stereocenters. The second kappa shape index (κ2) is 13.0. The van der Waals surface area contributed by atoms with E-state index in [4.69, 9.17) is 31.7 Å². The zero-order valence-electron chi connectivity index (χ0n) is 21.6. The summed E-state index contributed by atoms with van der Waals surface area (Å²) in [5, 5.41) is 16.0. The number of nitrogens with zero attached hydrogens (tertiary/aromatic N) is 3. The first-order valence-corrected chi connectivity index (χ1v) is 13.0. The number of benzene rings is 3. The summed E-state index contributed by atoms with van der Waals surface area (Å²) in [5.74, 6) is -1.60. The standard InChI is InChI=1S/C27H25ClN4O2.C2HF3O2/c28-24-10-2-1-9-23(24)26-31-30-25(34-26)21-7-4-8-22(16-21)27(33)32-13-11-19(12-14-32)20-6-3-5-18(15-20)17-29;3-2(4,5)1(6)7/h1-10,15-16,19H,11-14,17,29H2;(H,6,7). The van der Waals surface area contributed by atoms with Crippen LogP contribution in [0.2, 0.25) is 5.02 Å². The first kappa shape index (κ1) is 29.8. The van der Waals surface area contributed by atoms with Gasteiger partial charge in [-0.05, 0) is 60.2 Å². The molecule has 5 rings (SSSR count). The minimum Gasteiger partial charge on any atom is -0.475 e. The van der Waals surface area contributed by atoms with Gasteiger partial charge < -0.3 is 20.2 Å².